The molecular formula is C17H17N3O3S2. The molecule has 0 amide bonds. The second kappa shape index (κ2) is 6.81. The molecule has 0 atom stereocenters. The Morgan fingerprint density at radius 2 is 1.88 bits per heavy atom. The van der Waals surface area contributed by atoms with Crippen LogP contribution in [0.15, 0.2) is 57.5 Å². The quantitative estimate of drug-likeness (QED) is 0.743. The number of rotatable bonds is 5. The fourth-order valence-corrected chi connectivity index (χ4v) is 5.14. The summed E-state index contributed by atoms with van der Waals surface area (Å²) in [4.78, 5) is 11.8. The number of anilines is 1. The Bertz CT molecular complexity index is 1030. The Labute approximate surface area is 149 Å². The molecule has 1 N–H and O–H groups in total. The standard InChI is InChI=1S/C17H17N3O3S2/c1-3-12-6-4-5-7-14(12)20(2)25(22,23)17-11-9-15(24-17)13-8-10-16(21)19-18-13/h4-11H,3H2,1-2H3,(H,19,21). The van der Waals surface area contributed by atoms with Gasteiger partial charge in [-0.3, -0.25) is 9.10 Å². The molecule has 130 valence electrons. The van der Waals surface area contributed by atoms with Crippen LogP contribution in [0.3, 0.4) is 0 Å². The third-order valence-corrected chi connectivity index (χ3v) is 7.19. The number of para-hydroxylation sites is 1. The van der Waals surface area contributed by atoms with E-state index in [0.29, 0.717) is 16.3 Å². The van der Waals surface area contributed by atoms with Gasteiger partial charge in [0.1, 0.15) is 9.90 Å². The third-order valence-electron chi connectivity index (χ3n) is 3.84. The largest absolute Gasteiger partial charge is 0.273 e. The van der Waals surface area contributed by atoms with Crippen molar-refractivity contribution in [1.29, 1.82) is 0 Å². The maximum Gasteiger partial charge on any atom is 0.273 e. The van der Waals surface area contributed by atoms with Gasteiger partial charge in [-0.05, 0) is 36.2 Å². The molecule has 0 bridgehead atoms. The Morgan fingerprint density at radius 3 is 2.56 bits per heavy atom. The van der Waals surface area contributed by atoms with Gasteiger partial charge in [0, 0.05) is 13.1 Å². The maximum atomic E-state index is 13.0. The van der Waals surface area contributed by atoms with Crippen molar-refractivity contribution in [3.8, 4) is 10.6 Å². The van der Waals surface area contributed by atoms with Crippen molar-refractivity contribution >= 4 is 27.0 Å². The Balaban J connectivity index is 1.98. The zero-order valence-corrected chi connectivity index (χ0v) is 15.4. The van der Waals surface area contributed by atoms with Gasteiger partial charge in [-0.15, -0.1) is 11.3 Å². The lowest BCUT2D eigenvalue weighted by Crippen LogP contribution is -2.26. The number of aromatic amines is 1. The van der Waals surface area contributed by atoms with Gasteiger partial charge in [0.25, 0.3) is 15.6 Å². The van der Waals surface area contributed by atoms with Crippen LogP contribution in [0.5, 0.6) is 0 Å². The maximum absolute atomic E-state index is 13.0. The lowest BCUT2D eigenvalue weighted by Gasteiger charge is -2.21. The van der Waals surface area contributed by atoms with Gasteiger partial charge in [0.15, 0.2) is 0 Å². The first-order valence-electron chi connectivity index (χ1n) is 7.66. The Kier molecular flexibility index (Phi) is 4.73. The van der Waals surface area contributed by atoms with Crippen molar-refractivity contribution in [1.82, 2.24) is 10.2 Å². The number of aromatic nitrogens is 2. The summed E-state index contributed by atoms with van der Waals surface area (Å²) in [6.45, 7) is 1.99. The predicted octanol–water partition coefficient (Wildman–Crippen LogP) is 2.89. The van der Waals surface area contributed by atoms with Crippen LogP contribution in [0.4, 0.5) is 5.69 Å². The molecule has 3 aromatic rings. The van der Waals surface area contributed by atoms with Crippen LogP contribution in [0.2, 0.25) is 0 Å². The van der Waals surface area contributed by atoms with Crippen molar-refractivity contribution in [2.45, 2.75) is 17.6 Å². The van der Waals surface area contributed by atoms with Crippen molar-refractivity contribution in [3.63, 3.8) is 0 Å². The fraction of sp³-hybridized carbons (Fsp3) is 0.176. The molecule has 0 unspecified atom stereocenters. The number of thiophene rings is 1. The monoisotopic (exact) mass is 375 g/mol. The second-order valence-electron chi connectivity index (χ2n) is 5.38. The number of hydrogen-bond donors (Lipinski definition) is 1. The van der Waals surface area contributed by atoms with Crippen LogP contribution in [0.1, 0.15) is 12.5 Å². The number of aryl methyl sites for hydroxylation is 1. The minimum atomic E-state index is -3.67. The first-order valence-corrected chi connectivity index (χ1v) is 9.92. The van der Waals surface area contributed by atoms with Gasteiger partial charge in [-0.25, -0.2) is 13.5 Å². The van der Waals surface area contributed by atoms with Crippen LogP contribution in [0, 0.1) is 0 Å². The van der Waals surface area contributed by atoms with E-state index in [1.165, 1.54) is 10.4 Å². The number of nitrogens with one attached hydrogen (secondary N) is 1. The van der Waals surface area contributed by atoms with E-state index in [2.05, 4.69) is 10.2 Å². The zero-order chi connectivity index (χ0) is 18.0. The molecule has 0 aliphatic rings. The van der Waals surface area contributed by atoms with E-state index in [1.54, 1.807) is 31.3 Å². The van der Waals surface area contributed by atoms with E-state index in [9.17, 15) is 13.2 Å². The van der Waals surface area contributed by atoms with Gasteiger partial charge >= 0.3 is 0 Å². The fourth-order valence-electron chi connectivity index (χ4n) is 2.46. The number of sulfonamides is 1. The molecule has 25 heavy (non-hydrogen) atoms. The minimum absolute atomic E-state index is 0.226. The molecule has 2 aromatic heterocycles. The molecule has 0 radical (unpaired) electrons. The molecule has 8 heteroatoms. The van der Waals surface area contributed by atoms with E-state index in [1.807, 2.05) is 25.1 Å². The van der Waals surface area contributed by atoms with E-state index >= 15 is 0 Å². The average molecular weight is 375 g/mol. The first-order chi connectivity index (χ1) is 11.9. The first kappa shape index (κ1) is 17.4. The highest BCUT2D eigenvalue weighted by molar-refractivity contribution is 7.94. The minimum Gasteiger partial charge on any atom is -0.268 e. The van der Waals surface area contributed by atoms with Crippen molar-refractivity contribution in [2.24, 2.45) is 0 Å². The number of benzene rings is 1. The zero-order valence-electron chi connectivity index (χ0n) is 13.8. The van der Waals surface area contributed by atoms with Gasteiger partial charge in [-0.1, -0.05) is 25.1 Å². The Morgan fingerprint density at radius 1 is 1.12 bits per heavy atom. The van der Waals surface area contributed by atoms with E-state index in [4.69, 9.17) is 0 Å². The summed E-state index contributed by atoms with van der Waals surface area (Å²) in [6, 6.07) is 13.6. The van der Waals surface area contributed by atoms with Crippen LogP contribution in [-0.2, 0) is 16.4 Å². The lowest BCUT2D eigenvalue weighted by atomic mass is 10.1. The molecule has 6 nitrogen and oxygen atoms in total. The topological polar surface area (TPSA) is 83.1 Å². The summed E-state index contributed by atoms with van der Waals surface area (Å²) in [5.74, 6) is 0. The predicted molar refractivity (Wildman–Crippen MR) is 99.6 cm³/mol. The summed E-state index contributed by atoms with van der Waals surface area (Å²) < 4.78 is 27.4. The highest BCUT2D eigenvalue weighted by Gasteiger charge is 2.25. The van der Waals surface area contributed by atoms with E-state index in [-0.39, 0.29) is 9.77 Å². The van der Waals surface area contributed by atoms with Gasteiger partial charge in [0.2, 0.25) is 0 Å². The SMILES string of the molecule is CCc1ccccc1N(C)S(=O)(=O)c1ccc(-c2ccc(=O)[nH]n2)s1. The number of nitrogens with zero attached hydrogens (tertiary/aromatic N) is 2. The van der Waals surface area contributed by atoms with Crippen LogP contribution < -0.4 is 9.86 Å². The third kappa shape index (κ3) is 3.35. The Hall–Kier alpha value is -2.45. The lowest BCUT2D eigenvalue weighted by molar-refractivity contribution is 0.596. The molecule has 0 saturated carbocycles. The summed E-state index contributed by atoms with van der Waals surface area (Å²) in [7, 11) is -2.11. The molecule has 0 saturated heterocycles. The summed E-state index contributed by atoms with van der Waals surface area (Å²) >= 11 is 1.12. The van der Waals surface area contributed by atoms with Crippen molar-refractivity contribution < 1.29 is 8.42 Å². The van der Waals surface area contributed by atoms with Crippen molar-refractivity contribution in [3.05, 3.63) is 64.4 Å². The highest BCUT2D eigenvalue weighted by atomic mass is 32.2. The van der Waals surface area contributed by atoms with Gasteiger partial charge in [0.05, 0.1) is 10.6 Å². The van der Waals surface area contributed by atoms with E-state index in [0.717, 1.165) is 23.3 Å². The smallest absolute Gasteiger partial charge is 0.268 e. The van der Waals surface area contributed by atoms with Crippen molar-refractivity contribution in [2.75, 3.05) is 11.4 Å². The highest BCUT2D eigenvalue weighted by Crippen LogP contribution is 2.33. The number of hydrogen-bond acceptors (Lipinski definition) is 5. The molecule has 2 heterocycles. The summed E-state index contributed by atoms with van der Waals surface area (Å²) in [5.41, 5.74) is 1.86. The average Bonchev–Trinajstić information content (AvgIpc) is 3.12. The molecule has 1 aromatic carbocycles. The molecule has 3 rings (SSSR count). The molecule has 0 aliphatic heterocycles. The number of H-pyrrole nitrogens is 1. The molecular weight excluding hydrogens is 358 g/mol. The second-order valence-corrected chi connectivity index (χ2v) is 8.66. The molecule has 0 fully saturated rings. The normalized spacial score (nSPS) is 11.4. The summed E-state index contributed by atoms with van der Waals surface area (Å²) in [5, 5.41) is 6.29. The van der Waals surface area contributed by atoms with Crippen LogP contribution >= 0.6 is 11.3 Å². The summed E-state index contributed by atoms with van der Waals surface area (Å²) in [6.07, 6.45) is 0.743. The molecule has 0 aliphatic carbocycles. The van der Waals surface area contributed by atoms with Gasteiger partial charge in [-0.2, -0.15) is 5.10 Å². The van der Waals surface area contributed by atoms with Crippen LogP contribution in [-0.4, -0.2) is 25.7 Å². The van der Waals surface area contributed by atoms with Gasteiger partial charge < -0.3 is 0 Å². The van der Waals surface area contributed by atoms with Crippen LogP contribution in [0.25, 0.3) is 10.6 Å². The molecule has 0 spiro atoms. The van der Waals surface area contributed by atoms with E-state index < -0.39 is 10.0 Å².